The van der Waals surface area contributed by atoms with Crippen molar-refractivity contribution < 1.29 is 4.74 Å². The lowest BCUT2D eigenvalue weighted by molar-refractivity contribution is 0.0648. The molecule has 24 heavy (non-hydrogen) atoms. The molecule has 0 saturated carbocycles. The predicted molar refractivity (Wildman–Crippen MR) is 91.7 cm³/mol. The highest BCUT2D eigenvalue weighted by molar-refractivity contribution is 5.39. The number of hydrogen-bond donors (Lipinski definition) is 1. The van der Waals surface area contributed by atoms with E-state index in [2.05, 4.69) is 39.2 Å². The molecule has 4 rings (SSSR count). The molecule has 2 aliphatic rings. The summed E-state index contributed by atoms with van der Waals surface area (Å²) >= 11 is 0. The van der Waals surface area contributed by atoms with Crippen LogP contribution in [0.2, 0.25) is 0 Å². The van der Waals surface area contributed by atoms with Gasteiger partial charge in [-0.3, -0.25) is 4.90 Å². The third-order valence-electron chi connectivity index (χ3n) is 5.52. The molecular weight excluding hydrogens is 302 g/mol. The highest BCUT2D eigenvalue weighted by atomic mass is 16.5. The molecule has 0 radical (unpaired) electrons. The predicted octanol–water partition coefficient (Wildman–Crippen LogP) is 1.60. The molecule has 128 valence electrons. The summed E-state index contributed by atoms with van der Waals surface area (Å²) in [5.41, 5.74) is 8.54. The first-order chi connectivity index (χ1) is 11.8. The number of likely N-dealkylation sites (tertiary alicyclic amines) is 1. The summed E-state index contributed by atoms with van der Waals surface area (Å²) < 4.78 is 7.70. The first-order valence-corrected chi connectivity index (χ1v) is 8.75. The topological polar surface area (TPSA) is 69.2 Å². The van der Waals surface area contributed by atoms with Crippen LogP contribution in [-0.2, 0) is 11.3 Å². The van der Waals surface area contributed by atoms with Gasteiger partial charge < -0.3 is 10.5 Å². The summed E-state index contributed by atoms with van der Waals surface area (Å²) in [4.78, 5) is 6.60. The van der Waals surface area contributed by atoms with Gasteiger partial charge in [0.2, 0.25) is 0 Å². The average Bonchev–Trinajstić information content (AvgIpc) is 3.28. The van der Waals surface area contributed by atoms with Gasteiger partial charge in [0.15, 0.2) is 0 Å². The number of rotatable bonds is 4. The second-order valence-corrected chi connectivity index (χ2v) is 7.12. The van der Waals surface area contributed by atoms with Crippen molar-refractivity contribution in [3.8, 4) is 5.69 Å². The summed E-state index contributed by atoms with van der Waals surface area (Å²) in [6.07, 6.45) is 7.14. The molecule has 6 nitrogen and oxygen atoms in total. The van der Waals surface area contributed by atoms with Crippen LogP contribution in [0, 0.1) is 5.41 Å². The second kappa shape index (κ2) is 6.63. The fraction of sp³-hybridized carbons (Fsp3) is 0.556. The molecule has 0 aliphatic carbocycles. The van der Waals surface area contributed by atoms with Crippen LogP contribution in [0.4, 0.5) is 0 Å². The number of para-hydroxylation sites is 1. The number of hydrogen-bond acceptors (Lipinski definition) is 5. The highest BCUT2D eigenvalue weighted by Gasteiger charge is 2.41. The van der Waals surface area contributed by atoms with Gasteiger partial charge in [-0.1, -0.05) is 18.2 Å². The Kier molecular flexibility index (Phi) is 4.35. The largest absolute Gasteiger partial charge is 0.376 e. The van der Waals surface area contributed by atoms with Crippen LogP contribution in [0.1, 0.15) is 24.8 Å². The maximum atomic E-state index is 5.85. The number of aromatic nitrogens is 3. The molecule has 0 amide bonds. The fourth-order valence-corrected chi connectivity index (χ4v) is 4.02. The van der Waals surface area contributed by atoms with Crippen molar-refractivity contribution in [3.05, 3.63) is 42.5 Å². The summed E-state index contributed by atoms with van der Waals surface area (Å²) in [5.74, 6) is 0. The van der Waals surface area contributed by atoms with Gasteiger partial charge in [-0.2, -0.15) is 5.10 Å². The lowest BCUT2D eigenvalue weighted by Crippen LogP contribution is -2.40. The van der Waals surface area contributed by atoms with Gasteiger partial charge in [-0.15, -0.1) is 0 Å². The SMILES string of the molecule is NCC1CC2(CCN(Cc3ccccc3-n3cncn3)CC2)CO1. The minimum absolute atomic E-state index is 0.268. The number of ether oxygens (including phenoxy) is 1. The Hall–Kier alpha value is -1.76. The number of nitrogens with two attached hydrogens (primary N) is 1. The molecule has 6 heteroatoms. The van der Waals surface area contributed by atoms with Crippen LogP contribution >= 0.6 is 0 Å². The molecule has 2 aliphatic heterocycles. The van der Waals surface area contributed by atoms with E-state index in [-0.39, 0.29) is 6.10 Å². The Balaban J connectivity index is 1.42. The van der Waals surface area contributed by atoms with Crippen molar-refractivity contribution in [1.82, 2.24) is 19.7 Å². The van der Waals surface area contributed by atoms with E-state index in [9.17, 15) is 0 Å². The Morgan fingerprint density at radius 2 is 2.08 bits per heavy atom. The zero-order valence-corrected chi connectivity index (χ0v) is 14.0. The van der Waals surface area contributed by atoms with Crippen molar-refractivity contribution in [2.75, 3.05) is 26.2 Å². The molecule has 1 spiro atoms. The Morgan fingerprint density at radius 1 is 1.25 bits per heavy atom. The Labute approximate surface area is 142 Å². The smallest absolute Gasteiger partial charge is 0.138 e. The van der Waals surface area contributed by atoms with Gasteiger partial charge in [0.1, 0.15) is 12.7 Å². The molecule has 1 unspecified atom stereocenters. The third kappa shape index (κ3) is 3.09. The molecule has 2 saturated heterocycles. The zero-order chi connectivity index (χ0) is 16.4. The van der Waals surface area contributed by atoms with E-state index in [0.29, 0.717) is 12.0 Å². The van der Waals surface area contributed by atoms with E-state index in [1.165, 1.54) is 18.4 Å². The van der Waals surface area contributed by atoms with Crippen LogP contribution in [-0.4, -0.2) is 52.0 Å². The van der Waals surface area contributed by atoms with E-state index >= 15 is 0 Å². The first-order valence-electron chi connectivity index (χ1n) is 8.75. The minimum atomic E-state index is 0.268. The molecule has 1 aromatic carbocycles. The average molecular weight is 327 g/mol. The molecule has 1 aromatic heterocycles. The molecular formula is C18H25N5O. The monoisotopic (exact) mass is 327 g/mol. The molecule has 2 fully saturated rings. The van der Waals surface area contributed by atoms with E-state index in [1.807, 2.05) is 4.68 Å². The maximum Gasteiger partial charge on any atom is 0.138 e. The van der Waals surface area contributed by atoms with Crippen LogP contribution in [0.25, 0.3) is 5.69 Å². The van der Waals surface area contributed by atoms with Gasteiger partial charge >= 0.3 is 0 Å². The normalized spacial score (nSPS) is 23.8. The standard InChI is InChI=1S/C18H25N5O/c19-10-16-9-18(12-24-16)5-7-22(8-6-18)11-15-3-1-2-4-17(15)23-14-20-13-21-23/h1-4,13-14,16H,5-12,19H2. The Morgan fingerprint density at radius 3 is 2.79 bits per heavy atom. The van der Waals surface area contributed by atoms with Crippen LogP contribution < -0.4 is 5.73 Å². The second-order valence-electron chi connectivity index (χ2n) is 7.12. The number of nitrogens with zero attached hydrogens (tertiary/aromatic N) is 4. The lowest BCUT2D eigenvalue weighted by atomic mass is 9.76. The number of piperidine rings is 1. The van der Waals surface area contributed by atoms with E-state index in [1.54, 1.807) is 12.7 Å². The highest BCUT2D eigenvalue weighted by Crippen LogP contribution is 2.41. The van der Waals surface area contributed by atoms with Crippen LogP contribution in [0.5, 0.6) is 0 Å². The van der Waals surface area contributed by atoms with Crippen molar-refractivity contribution in [3.63, 3.8) is 0 Å². The van der Waals surface area contributed by atoms with Crippen LogP contribution in [0.15, 0.2) is 36.9 Å². The van der Waals surface area contributed by atoms with E-state index in [0.717, 1.165) is 38.3 Å². The van der Waals surface area contributed by atoms with Crippen LogP contribution in [0.3, 0.4) is 0 Å². The lowest BCUT2D eigenvalue weighted by Gasteiger charge is -2.38. The molecule has 3 heterocycles. The van der Waals surface area contributed by atoms with Gasteiger partial charge in [0.25, 0.3) is 0 Å². The zero-order valence-electron chi connectivity index (χ0n) is 14.0. The van der Waals surface area contributed by atoms with Crippen molar-refractivity contribution >= 4 is 0 Å². The minimum Gasteiger partial charge on any atom is -0.376 e. The van der Waals surface area contributed by atoms with Crippen molar-refractivity contribution in [2.24, 2.45) is 11.1 Å². The summed E-state index contributed by atoms with van der Waals surface area (Å²) in [6, 6.07) is 8.43. The summed E-state index contributed by atoms with van der Waals surface area (Å²) in [5, 5.41) is 4.27. The quantitative estimate of drug-likeness (QED) is 0.924. The van der Waals surface area contributed by atoms with Gasteiger partial charge in [0, 0.05) is 13.1 Å². The van der Waals surface area contributed by atoms with Gasteiger partial charge in [-0.25, -0.2) is 9.67 Å². The van der Waals surface area contributed by atoms with E-state index in [4.69, 9.17) is 10.5 Å². The molecule has 2 N–H and O–H groups in total. The molecule has 2 aromatic rings. The first kappa shape index (κ1) is 15.7. The van der Waals surface area contributed by atoms with Crippen molar-refractivity contribution in [1.29, 1.82) is 0 Å². The summed E-state index contributed by atoms with van der Waals surface area (Å²) in [7, 11) is 0. The molecule has 1 atom stereocenters. The summed E-state index contributed by atoms with van der Waals surface area (Å²) in [6.45, 7) is 4.72. The van der Waals surface area contributed by atoms with Gasteiger partial charge in [-0.05, 0) is 49.4 Å². The maximum absolute atomic E-state index is 5.85. The number of benzene rings is 1. The van der Waals surface area contributed by atoms with Gasteiger partial charge in [0.05, 0.1) is 18.4 Å². The fourth-order valence-electron chi connectivity index (χ4n) is 4.02. The van der Waals surface area contributed by atoms with E-state index < -0.39 is 0 Å². The Bertz CT molecular complexity index is 664. The van der Waals surface area contributed by atoms with Crippen molar-refractivity contribution in [2.45, 2.75) is 31.9 Å². The molecule has 0 bridgehead atoms. The third-order valence-corrected chi connectivity index (χ3v) is 5.52.